The van der Waals surface area contributed by atoms with Crippen molar-refractivity contribution in [2.75, 3.05) is 0 Å². The Bertz CT molecular complexity index is 574. The summed E-state index contributed by atoms with van der Waals surface area (Å²) in [5.74, 6) is -0.962. The number of rotatable bonds is 6. The van der Waals surface area contributed by atoms with Crippen molar-refractivity contribution in [1.29, 1.82) is 0 Å². The van der Waals surface area contributed by atoms with Gasteiger partial charge in [-0.1, -0.05) is 13.5 Å². The highest BCUT2D eigenvalue weighted by molar-refractivity contribution is 5.89. The number of carbonyl (C=O) groups is 3. The van der Waals surface area contributed by atoms with Crippen LogP contribution in [0, 0.1) is 6.92 Å². The van der Waals surface area contributed by atoms with E-state index in [1.807, 2.05) is 0 Å². The van der Waals surface area contributed by atoms with Gasteiger partial charge in [-0.25, -0.2) is 9.59 Å². The predicted molar refractivity (Wildman–Crippen MR) is 77.2 cm³/mol. The molecular weight excluding hydrogens is 272 g/mol. The minimum atomic E-state index is -0.987. The van der Waals surface area contributed by atoms with Crippen LogP contribution in [0.4, 0.5) is 0 Å². The normalized spacial score (nSPS) is 11.4. The molecule has 0 aliphatic rings. The van der Waals surface area contributed by atoms with Crippen molar-refractivity contribution in [1.82, 2.24) is 0 Å². The van der Waals surface area contributed by atoms with Gasteiger partial charge in [-0.05, 0) is 44.0 Å². The minimum Gasteiger partial charge on any atom is -0.447 e. The second-order valence-electron chi connectivity index (χ2n) is 4.65. The Morgan fingerprint density at radius 1 is 1.38 bits per heavy atom. The topological polar surface area (TPSA) is 69.7 Å². The third-order valence-electron chi connectivity index (χ3n) is 2.78. The molecule has 0 radical (unpaired) electrons. The zero-order chi connectivity index (χ0) is 16.0. The molecule has 0 aromatic heterocycles. The molecule has 5 nitrogen and oxygen atoms in total. The highest BCUT2D eigenvalue weighted by atomic mass is 16.6. The molecule has 1 rings (SSSR count). The summed E-state index contributed by atoms with van der Waals surface area (Å²) in [5.41, 5.74) is 1.36. The maximum Gasteiger partial charge on any atom is 0.352 e. The van der Waals surface area contributed by atoms with Crippen LogP contribution in [0.2, 0.25) is 0 Å². The first kappa shape index (κ1) is 16.6. The fourth-order valence-electron chi connectivity index (χ4n) is 1.56. The van der Waals surface area contributed by atoms with Crippen molar-refractivity contribution < 1.29 is 23.9 Å². The van der Waals surface area contributed by atoms with Gasteiger partial charge in [0.25, 0.3) is 0 Å². The lowest BCUT2D eigenvalue weighted by Gasteiger charge is -2.16. The molecule has 0 fully saturated rings. The first-order valence-corrected chi connectivity index (χ1v) is 6.53. The molecule has 1 aromatic rings. The number of carbonyl (C=O) groups excluding carboxylic acids is 3. The van der Waals surface area contributed by atoms with E-state index in [2.05, 4.69) is 6.58 Å². The Morgan fingerprint density at radius 3 is 2.52 bits per heavy atom. The van der Waals surface area contributed by atoms with Gasteiger partial charge in [-0.15, -0.1) is 0 Å². The summed E-state index contributed by atoms with van der Waals surface area (Å²) in [6.07, 6.45) is 0.0187. The van der Waals surface area contributed by atoms with Crippen LogP contribution in [0.15, 0.2) is 30.4 Å². The average Bonchev–Trinajstić information content (AvgIpc) is 2.46. The van der Waals surface area contributed by atoms with Crippen LogP contribution in [-0.2, 0) is 14.3 Å². The standard InChI is InChI=1S/C16H18O5/c1-5-13(20-15(18)10(2)3)16(19)21-14-7-6-12(9-17)8-11(14)4/h6-9,13H,2,5H2,1,3-4H3. The Balaban J connectivity index is 2.81. The van der Waals surface area contributed by atoms with Crippen LogP contribution in [-0.4, -0.2) is 24.3 Å². The van der Waals surface area contributed by atoms with Crippen molar-refractivity contribution in [3.8, 4) is 5.75 Å². The van der Waals surface area contributed by atoms with Gasteiger partial charge in [0.2, 0.25) is 0 Å². The molecule has 1 atom stereocenters. The minimum absolute atomic E-state index is 0.216. The molecule has 0 N–H and O–H groups in total. The Hall–Kier alpha value is -2.43. The van der Waals surface area contributed by atoms with Crippen LogP contribution >= 0.6 is 0 Å². The lowest BCUT2D eigenvalue weighted by atomic mass is 10.1. The van der Waals surface area contributed by atoms with Gasteiger partial charge < -0.3 is 9.47 Å². The second-order valence-corrected chi connectivity index (χ2v) is 4.65. The van der Waals surface area contributed by atoms with E-state index in [0.717, 1.165) is 0 Å². The molecule has 0 heterocycles. The smallest absolute Gasteiger partial charge is 0.352 e. The van der Waals surface area contributed by atoms with Crippen molar-refractivity contribution in [3.05, 3.63) is 41.5 Å². The van der Waals surface area contributed by atoms with E-state index in [9.17, 15) is 14.4 Å². The summed E-state index contributed by atoms with van der Waals surface area (Å²) in [6.45, 7) is 8.39. The lowest BCUT2D eigenvalue weighted by molar-refractivity contribution is -0.159. The number of aryl methyl sites for hydroxylation is 1. The van der Waals surface area contributed by atoms with Crippen LogP contribution in [0.1, 0.15) is 36.2 Å². The molecule has 0 amide bonds. The molecule has 0 aliphatic carbocycles. The summed E-state index contributed by atoms with van der Waals surface area (Å²) in [7, 11) is 0. The SMILES string of the molecule is C=C(C)C(=O)OC(CC)C(=O)Oc1ccc(C=O)cc1C. The maximum atomic E-state index is 12.0. The number of esters is 2. The monoisotopic (exact) mass is 290 g/mol. The van der Waals surface area contributed by atoms with E-state index in [-0.39, 0.29) is 5.57 Å². The summed E-state index contributed by atoms with van der Waals surface area (Å²) in [6, 6.07) is 4.68. The zero-order valence-corrected chi connectivity index (χ0v) is 12.3. The van der Waals surface area contributed by atoms with Gasteiger partial charge in [0.15, 0.2) is 6.10 Å². The first-order valence-electron chi connectivity index (χ1n) is 6.53. The predicted octanol–water partition coefficient (Wildman–Crippen LogP) is 2.61. The Morgan fingerprint density at radius 2 is 2.05 bits per heavy atom. The maximum absolute atomic E-state index is 12.0. The van der Waals surface area contributed by atoms with Crippen molar-refractivity contribution in [3.63, 3.8) is 0 Å². The zero-order valence-electron chi connectivity index (χ0n) is 12.3. The van der Waals surface area contributed by atoms with Crippen molar-refractivity contribution >= 4 is 18.2 Å². The fraction of sp³-hybridized carbons (Fsp3) is 0.312. The van der Waals surface area contributed by atoms with E-state index in [1.165, 1.54) is 13.0 Å². The van der Waals surface area contributed by atoms with E-state index < -0.39 is 18.0 Å². The third kappa shape index (κ3) is 4.56. The van der Waals surface area contributed by atoms with E-state index >= 15 is 0 Å². The molecule has 5 heteroatoms. The van der Waals surface area contributed by atoms with E-state index in [4.69, 9.17) is 9.47 Å². The number of hydrogen-bond donors (Lipinski definition) is 0. The fourth-order valence-corrected chi connectivity index (χ4v) is 1.56. The average molecular weight is 290 g/mol. The Kier molecular flexibility index (Phi) is 5.84. The summed E-state index contributed by atoms with van der Waals surface area (Å²) in [5, 5.41) is 0. The largest absolute Gasteiger partial charge is 0.447 e. The highest BCUT2D eigenvalue weighted by Crippen LogP contribution is 2.20. The second kappa shape index (κ2) is 7.38. The van der Waals surface area contributed by atoms with Crippen LogP contribution < -0.4 is 4.74 Å². The van der Waals surface area contributed by atoms with Gasteiger partial charge in [0, 0.05) is 11.1 Å². The first-order chi connectivity index (χ1) is 9.88. The molecule has 112 valence electrons. The number of ether oxygens (including phenoxy) is 2. The molecule has 1 aromatic carbocycles. The summed E-state index contributed by atoms with van der Waals surface area (Å²) in [4.78, 5) is 34.1. The van der Waals surface area contributed by atoms with Crippen LogP contribution in [0.3, 0.4) is 0 Å². The quantitative estimate of drug-likeness (QED) is 0.348. The molecule has 21 heavy (non-hydrogen) atoms. The molecule has 0 bridgehead atoms. The van der Waals surface area contributed by atoms with Gasteiger partial charge in [0.1, 0.15) is 12.0 Å². The molecule has 0 saturated carbocycles. The number of hydrogen-bond acceptors (Lipinski definition) is 5. The van der Waals surface area contributed by atoms with E-state index in [0.29, 0.717) is 29.6 Å². The molecule has 0 saturated heterocycles. The van der Waals surface area contributed by atoms with Gasteiger partial charge in [-0.3, -0.25) is 4.79 Å². The molecule has 0 spiro atoms. The molecule has 1 unspecified atom stereocenters. The van der Waals surface area contributed by atoms with Gasteiger partial charge in [0.05, 0.1) is 0 Å². The summed E-state index contributed by atoms with van der Waals surface area (Å²) < 4.78 is 10.2. The Labute approximate surface area is 123 Å². The molecular formula is C16H18O5. The van der Waals surface area contributed by atoms with E-state index in [1.54, 1.807) is 26.0 Å². The van der Waals surface area contributed by atoms with Crippen LogP contribution in [0.5, 0.6) is 5.75 Å². The van der Waals surface area contributed by atoms with Gasteiger partial charge in [-0.2, -0.15) is 0 Å². The summed E-state index contributed by atoms with van der Waals surface area (Å²) >= 11 is 0. The highest BCUT2D eigenvalue weighted by Gasteiger charge is 2.24. The van der Waals surface area contributed by atoms with Gasteiger partial charge >= 0.3 is 11.9 Å². The third-order valence-corrected chi connectivity index (χ3v) is 2.78. The lowest BCUT2D eigenvalue weighted by Crippen LogP contribution is -2.31. The number of aldehydes is 1. The van der Waals surface area contributed by atoms with Crippen LogP contribution in [0.25, 0.3) is 0 Å². The molecule has 0 aliphatic heterocycles. The van der Waals surface area contributed by atoms with Crippen molar-refractivity contribution in [2.24, 2.45) is 0 Å². The number of benzene rings is 1. The van der Waals surface area contributed by atoms with Crippen molar-refractivity contribution in [2.45, 2.75) is 33.3 Å².